The van der Waals surface area contributed by atoms with Crippen LogP contribution >= 0.6 is 0 Å². The number of nitrogens with zero attached hydrogens (tertiary/aromatic N) is 4. The number of anilines is 1. The van der Waals surface area contributed by atoms with E-state index in [1.165, 1.54) is 16.8 Å². The van der Waals surface area contributed by atoms with Crippen LogP contribution in [0.25, 0.3) is 0 Å². The summed E-state index contributed by atoms with van der Waals surface area (Å²) in [5, 5.41) is 4.09. The first kappa shape index (κ1) is 15.3. The summed E-state index contributed by atoms with van der Waals surface area (Å²) in [6.07, 6.45) is 0. The molecule has 1 aliphatic rings. The van der Waals surface area contributed by atoms with E-state index in [9.17, 15) is 9.59 Å². The van der Waals surface area contributed by atoms with Crippen LogP contribution in [0.4, 0.5) is 5.69 Å². The monoisotopic (exact) mass is 312 g/mol. The molecule has 0 fully saturated rings. The minimum absolute atomic E-state index is 0.0407. The molecule has 23 heavy (non-hydrogen) atoms. The smallest absolute Gasteiger partial charge is 0.274 e. The zero-order chi connectivity index (χ0) is 16.6. The van der Waals surface area contributed by atoms with Crippen LogP contribution in [0, 0.1) is 0 Å². The molecule has 0 saturated heterocycles. The third-order valence-electron chi connectivity index (χ3n) is 4.25. The molecule has 0 radical (unpaired) electrons. The van der Waals surface area contributed by atoms with Crippen LogP contribution in [-0.2, 0) is 13.6 Å². The topological polar surface area (TPSA) is 58.4 Å². The van der Waals surface area contributed by atoms with Gasteiger partial charge in [0.2, 0.25) is 0 Å². The lowest BCUT2D eigenvalue weighted by atomic mass is 10.1. The highest BCUT2D eigenvalue weighted by molar-refractivity contribution is 5.92. The molecule has 1 amide bonds. The Labute approximate surface area is 134 Å². The average Bonchev–Trinajstić information content (AvgIpc) is 2.66. The van der Waals surface area contributed by atoms with Gasteiger partial charge in [-0.2, -0.15) is 5.10 Å². The van der Waals surface area contributed by atoms with Gasteiger partial charge in [0.1, 0.15) is 5.69 Å². The molecular weight excluding hydrogens is 292 g/mol. The molecule has 2 heterocycles. The van der Waals surface area contributed by atoms with Crippen LogP contribution in [-0.4, -0.2) is 40.2 Å². The Morgan fingerprint density at radius 1 is 1.17 bits per heavy atom. The molecular formula is C17H20N4O2. The van der Waals surface area contributed by atoms with Crippen molar-refractivity contribution in [3.05, 3.63) is 58.0 Å². The standard InChI is InChI=1S/C17H20N4O2/c1-12-10-19(2)15-7-5-4-6-13(15)11-21(12)17(23)14-8-9-16(22)20(3)18-14/h4-9,12H,10-11H2,1-3H3. The van der Waals surface area contributed by atoms with Gasteiger partial charge in [-0.1, -0.05) is 18.2 Å². The van der Waals surface area contributed by atoms with Gasteiger partial charge in [-0.25, -0.2) is 4.68 Å². The lowest BCUT2D eigenvalue weighted by molar-refractivity contribution is 0.0678. The van der Waals surface area contributed by atoms with Gasteiger partial charge in [-0.3, -0.25) is 9.59 Å². The summed E-state index contributed by atoms with van der Waals surface area (Å²) in [6, 6.07) is 11.0. The summed E-state index contributed by atoms with van der Waals surface area (Å²) in [7, 11) is 3.59. The van der Waals surface area contributed by atoms with E-state index in [0.29, 0.717) is 12.2 Å². The minimum Gasteiger partial charge on any atom is -0.372 e. The van der Waals surface area contributed by atoms with Gasteiger partial charge in [0, 0.05) is 45.0 Å². The summed E-state index contributed by atoms with van der Waals surface area (Å²) in [6.45, 7) is 3.31. The predicted molar refractivity (Wildman–Crippen MR) is 88.5 cm³/mol. The van der Waals surface area contributed by atoms with Gasteiger partial charge < -0.3 is 9.80 Å². The molecule has 1 atom stereocenters. The molecule has 6 heteroatoms. The number of aryl methyl sites for hydroxylation is 1. The molecule has 2 aromatic rings. The molecule has 0 bridgehead atoms. The van der Waals surface area contributed by atoms with Crippen molar-refractivity contribution in [2.75, 3.05) is 18.5 Å². The van der Waals surface area contributed by atoms with Gasteiger partial charge in [0.05, 0.1) is 0 Å². The molecule has 0 spiro atoms. The molecule has 0 saturated carbocycles. The maximum absolute atomic E-state index is 12.9. The van der Waals surface area contributed by atoms with Crippen molar-refractivity contribution in [3.63, 3.8) is 0 Å². The second kappa shape index (κ2) is 5.87. The Kier molecular flexibility index (Phi) is 3.90. The van der Waals surface area contributed by atoms with Crippen molar-refractivity contribution in [2.24, 2.45) is 7.05 Å². The van der Waals surface area contributed by atoms with Crippen LogP contribution in [0.5, 0.6) is 0 Å². The van der Waals surface area contributed by atoms with E-state index < -0.39 is 0 Å². The molecule has 1 aromatic carbocycles. The summed E-state index contributed by atoms with van der Waals surface area (Å²) < 4.78 is 1.19. The Morgan fingerprint density at radius 2 is 1.91 bits per heavy atom. The fraction of sp³-hybridized carbons (Fsp3) is 0.353. The average molecular weight is 312 g/mol. The van der Waals surface area contributed by atoms with Gasteiger partial charge in [-0.05, 0) is 24.6 Å². The molecule has 1 unspecified atom stereocenters. The first-order valence-electron chi connectivity index (χ1n) is 7.61. The Balaban J connectivity index is 1.96. The number of carbonyl (C=O) groups is 1. The van der Waals surface area contributed by atoms with E-state index in [1.807, 2.05) is 37.1 Å². The van der Waals surface area contributed by atoms with Gasteiger partial charge in [0.25, 0.3) is 11.5 Å². The molecule has 120 valence electrons. The number of amides is 1. The van der Waals surface area contributed by atoms with Crippen LogP contribution in [0.3, 0.4) is 0 Å². The van der Waals surface area contributed by atoms with E-state index in [-0.39, 0.29) is 17.5 Å². The normalized spacial score (nSPS) is 17.6. The lowest BCUT2D eigenvalue weighted by Gasteiger charge is -2.28. The highest BCUT2D eigenvalue weighted by Crippen LogP contribution is 2.26. The van der Waals surface area contributed by atoms with Crippen molar-refractivity contribution in [3.8, 4) is 0 Å². The zero-order valence-electron chi connectivity index (χ0n) is 13.6. The van der Waals surface area contributed by atoms with Crippen molar-refractivity contribution in [2.45, 2.75) is 19.5 Å². The van der Waals surface area contributed by atoms with Crippen molar-refractivity contribution in [1.29, 1.82) is 0 Å². The summed E-state index contributed by atoms with van der Waals surface area (Å²) >= 11 is 0. The van der Waals surface area contributed by atoms with E-state index in [4.69, 9.17) is 0 Å². The molecule has 6 nitrogen and oxygen atoms in total. The predicted octanol–water partition coefficient (Wildman–Crippen LogP) is 1.26. The molecule has 3 rings (SSSR count). The number of hydrogen-bond donors (Lipinski definition) is 0. The summed E-state index contributed by atoms with van der Waals surface area (Å²) in [4.78, 5) is 28.3. The van der Waals surface area contributed by atoms with Crippen LogP contribution < -0.4 is 10.5 Å². The lowest BCUT2D eigenvalue weighted by Crippen LogP contribution is -2.42. The number of benzene rings is 1. The number of fused-ring (bicyclic) bond motifs is 1. The van der Waals surface area contributed by atoms with E-state index in [2.05, 4.69) is 16.1 Å². The molecule has 0 aliphatic carbocycles. The Hall–Kier alpha value is -2.63. The van der Waals surface area contributed by atoms with Crippen LogP contribution in [0.15, 0.2) is 41.2 Å². The fourth-order valence-corrected chi connectivity index (χ4v) is 2.98. The largest absolute Gasteiger partial charge is 0.372 e. The number of carbonyl (C=O) groups excluding carboxylic acids is 1. The fourth-order valence-electron chi connectivity index (χ4n) is 2.98. The first-order chi connectivity index (χ1) is 11.0. The summed E-state index contributed by atoms with van der Waals surface area (Å²) in [5.41, 5.74) is 2.32. The number of rotatable bonds is 1. The SMILES string of the molecule is CC1CN(C)c2ccccc2CN1C(=O)c1ccc(=O)n(C)n1. The van der Waals surface area contributed by atoms with Gasteiger partial charge in [0.15, 0.2) is 0 Å². The van der Waals surface area contributed by atoms with Crippen molar-refractivity contribution in [1.82, 2.24) is 14.7 Å². The van der Waals surface area contributed by atoms with Gasteiger partial charge in [-0.15, -0.1) is 0 Å². The third-order valence-corrected chi connectivity index (χ3v) is 4.25. The highest BCUT2D eigenvalue weighted by atomic mass is 16.2. The quantitative estimate of drug-likeness (QED) is 0.795. The Bertz CT molecular complexity index is 799. The molecule has 0 N–H and O–H groups in total. The number of para-hydroxylation sites is 1. The number of hydrogen-bond acceptors (Lipinski definition) is 4. The third kappa shape index (κ3) is 2.84. The maximum Gasteiger partial charge on any atom is 0.274 e. The van der Waals surface area contributed by atoms with Crippen molar-refractivity contribution >= 4 is 11.6 Å². The molecule has 1 aromatic heterocycles. The number of likely N-dealkylation sites (N-methyl/N-ethyl adjacent to an activating group) is 1. The minimum atomic E-state index is -0.226. The maximum atomic E-state index is 12.9. The van der Waals surface area contributed by atoms with Gasteiger partial charge >= 0.3 is 0 Å². The van der Waals surface area contributed by atoms with Crippen LogP contribution in [0.2, 0.25) is 0 Å². The Morgan fingerprint density at radius 3 is 2.65 bits per heavy atom. The molecule has 1 aliphatic heterocycles. The van der Waals surface area contributed by atoms with E-state index in [1.54, 1.807) is 7.05 Å². The van der Waals surface area contributed by atoms with E-state index >= 15 is 0 Å². The number of aromatic nitrogens is 2. The first-order valence-corrected chi connectivity index (χ1v) is 7.61. The van der Waals surface area contributed by atoms with E-state index in [0.717, 1.165) is 17.8 Å². The summed E-state index contributed by atoms with van der Waals surface area (Å²) in [5.74, 6) is -0.154. The second-order valence-electron chi connectivity index (χ2n) is 5.97. The highest BCUT2D eigenvalue weighted by Gasteiger charge is 2.28. The van der Waals surface area contributed by atoms with Crippen molar-refractivity contribution < 1.29 is 4.79 Å². The second-order valence-corrected chi connectivity index (χ2v) is 5.97. The van der Waals surface area contributed by atoms with Crippen LogP contribution in [0.1, 0.15) is 23.0 Å². The zero-order valence-corrected chi connectivity index (χ0v) is 13.6.